The molecule has 33 heteroatoms. The van der Waals surface area contributed by atoms with Gasteiger partial charge in [-0.3, -0.25) is 29.1 Å². The Kier molecular flexibility index (Phi) is 47.6. The molecule has 1 amide bonds. The van der Waals surface area contributed by atoms with Gasteiger partial charge in [0.2, 0.25) is 9.23 Å². The second-order valence-corrected chi connectivity index (χ2v) is 44.3. The molecule has 5 N–H and O–H groups in total. The number of carbonyl (C=O) groups excluding carboxylic acids is 4. The van der Waals surface area contributed by atoms with Crippen LogP contribution >= 0.6 is 165 Å². The van der Waals surface area contributed by atoms with E-state index in [0.29, 0.717) is 122 Å². The van der Waals surface area contributed by atoms with Crippen LogP contribution in [0.4, 0.5) is 20.2 Å². The second kappa shape index (κ2) is 52.1. The van der Waals surface area contributed by atoms with Crippen LogP contribution in [0, 0.1) is 57.3 Å². The minimum Gasteiger partial charge on any atom is -0.504 e. The zero-order chi connectivity index (χ0) is 76.7. The van der Waals surface area contributed by atoms with Gasteiger partial charge in [-0.2, -0.15) is 8.78 Å². The van der Waals surface area contributed by atoms with Crippen LogP contribution in [0.1, 0.15) is 138 Å². The Morgan fingerprint density at radius 1 is 0.563 bits per heavy atom. The van der Waals surface area contributed by atoms with E-state index in [1.165, 1.54) is 95.1 Å². The molecular weight excluding hydrogens is 2090 g/mol. The largest absolute Gasteiger partial charge is 0.504 e. The SMILES string of the molecule is Cc1ccc(C(=O)Cl)cc1OCC1CC1.Cc1ccc(C(=O)Nc2c(Cl)cncc2Cl)cc1OCC1CC1.Cc1ccc(C(=O)O)cc1OCC1CC1.Cc1ccc(C=O)cc1OCC1CC1.FC(F)Cl.II.I[I-]I.Nc1c(Cl)cncc1Cl.O=Cc1ccc(O)c(OCC2CC2)c1.O=S(Cl)Cl. The van der Waals surface area contributed by atoms with Crippen LogP contribution in [-0.4, -0.2) is 93.0 Å². The molecule has 0 spiro atoms. The number of aromatic nitrogens is 2. The number of anilines is 2. The number of hydrogen-bond donors (Lipinski definition) is 4. The van der Waals surface area contributed by atoms with Crippen molar-refractivity contribution < 1.29 is 84.1 Å². The number of rotatable bonds is 21. The average Bonchev–Trinajstić information content (AvgIpc) is 1.82. The van der Waals surface area contributed by atoms with Crippen LogP contribution in [0.25, 0.3) is 0 Å². The van der Waals surface area contributed by atoms with Crippen LogP contribution < -0.4 is 48.0 Å². The molecule has 0 saturated heterocycles. The predicted molar refractivity (Wildman–Crippen MR) is 441 cm³/mol. The van der Waals surface area contributed by atoms with Crippen molar-refractivity contribution in [2.75, 3.05) is 44.1 Å². The summed E-state index contributed by atoms with van der Waals surface area (Å²) >= 11 is 42.0. The molecule has 564 valence electrons. The third-order valence-corrected chi connectivity index (χ3v) is 16.0. The van der Waals surface area contributed by atoms with Gasteiger partial charge in [0, 0.05) is 106 Å². The Morgan fingerprint density at radius 2 is 0.845 bits per heavy atom. The number of aldehydes is 2. The zero-order valence-corrected chi connectivity index (χ0v) is 73.3. The first kappa shape index (κ1) is 94.1. The summed E-state index contributed by atoms with van der Waals surface area (Å²) in [5, 5.41) is 21.9. The number of aromatic hydroxyl groups is 1. The van der Waals surface area contributed by atoms with Crippen molar-refractivity contribution in [1.82, 2.24) is 9.97 Å². The minimum absolute atomic E-state index is 0.0938. The smallest absolute Gasteiger partial charge is 0.211 e. The van der Waals surface area contributed by atoms with Crippen LogP contribution in [-0.2, 0) is 9.23 Å². The molecule has 12 rings (SSSR count). The number of carboxylic acids is 1. The normalized spacial score (nSPS) is 13.4. The standard InChI is InChI=1S/C17H16Cl2N2O2.C12H13ClO2.C12H14O3.C12H14O2.C11H12O3.C5H4Cl2N2.CHClF2.Cl2OS.I3.I2/c1-10-2-5-12(6-15(10)23-9-11-3-4-11)17(22)21-16-13(18)7-20-8-14(16)19;2*1-8-2-5-10(12(13)14)6-11(8)15-7-9-3-4-9;1-9-2-3-11(7-13)6-12(9)14-8-10-4-5-10;12-6-9-3-4-10(13)11(5-9)14-7-8-1-2-8;6-3-1-9-2-4(7)5(3)8;2-1(3)4;1-4(2)3;1-3-2;1-2/h2,5-8,11H,3-4,9H2,1H3,(H,20,21,22);2,5-6,9H,3-4,7H2,1H3;2,5-6,9H,3-4,7H2,1H3,(H,13,14);2-3,6-7,10H,4-5,8H2,1H3;3-6,8,13H,1-2,7H2;1-2H,(H2,8,9);1H;;;/q;;;;;;;;-1;. The van der Waals surface area contributed by atoms with Gasteiger partial charge in [-0.1, -0.05) is 88.3 Å². The summed E-state index contributed by atoms with van der Waals surface area (Å²) in [7, 11) is 7.36. The van der Waals surface area contributed by atoms with E-state index in [9.17, 15) is 37.9 Å². The average molecular weight is 2170 g/mol. The third kappa shape index (κ3) is 41.3. The second-order valence-electron chi connectivity index (χ2n) is 23.2. The number of hydrogen-bond acceptors (Lipinski definition) is 15. The molecule has 2 heterocycles. The van der Waals surface area contributed by atoms with E-state index in [-0.39, 0.29) is 17.2 Å². The fraction of sp³-hybridized carbons (Fsp3) is 0.357. The van der Waals surface area contributed by atoms with Gasteiger partial charge in [0.25, 0.3) is 11.1 Å². The summed E-state index contributed by atoms with van der Waals surface area (Å²) in [6.45, 7) is 11.4. The number of phenolic OH excluding ortho intramolecular Hbond substituents is 1. The van der Waals surface area contributed by atoms with Crippen LogP contribution in [0.15, 0.2) is 116 Å². The summed E-state index contributed by atoms with van der Waals surface area (Å²) in [5.74, 6) is 3.07. The van der Waals surface area contributed by atoms with E-state index in [1.54, 1.807) is 54.6 Å². The Balaban J connectivity index is 0.000000315. The van der Waals surface area contributed by atoms with Gasteiger partial charge in [0.05, 0.1) is 70.1 Å². The summed E-state index contributed by atoms with van der Waals surface area (Å²) in [4.78, 5) is 62.8. The topological polar surface area (TPSA) is 253 Å². The van der Waals surface area contributed by atoms with Gasteiger partial charge >= 0.3 is 62.3 Å². The van der Waals surface area contributed by atoms with Gasteiger partial charge in [0.1, 0.15) is 35.6 Å². The van der Waals surface area contributed by atoms with E-state index < -0.39 is 26.3 Å². The Hall–Kier alpha value is -3.07. The summed E-state index contributed by atoms with van der Waals surface area (Å²) < 4.78 is 57.4. The molecule has 17 nitrogen and oxygen atoms in total. The van der Waals surface area contributed by atoms with Crippen LogP contribution in [0.5, 0.6) is 34.5 Å². The van der Waals surface area contributed by atoms with E-state index >= 15 is 0 Å². The number of benzene rings is 5. The molecule has 5 aliphatic rings. The molecule has 5 aromatic carbocycles. The fourth-order valence-electron chi connectivity index (χ4n) is 7.83. The van der Waals surface area contributed by atoms with Gasteiger partial charge in [-0.25, -0.2) is 9.00 Å². The number of aryl methyl sites for hydroxylation is 4. The number of nitrogens with zero attached hydrogens (tertiary/aromatic N) is 2. The summed E-state index contributed by atoms with van der Waals surface area (Å²) in [6, 6.07) is 25.8. The molecule has 0 aliphatic heterocycles. The number of phenols is 1. The molecule has 5 fully saturated rings. The van der Waals surface area contributed by atoms with Crippen molar-refractivity contribution in [1.29, 1.82) is 0 Å². The maximum Gasteiger partial charge on any atom is 0.211 e. The number of pyridine rings is 2. The van der Waals surface area contributed by atoms with Gasteiger partial charge in [-0.15, -0.1) is 0 Å². The molecule has 5 saturated carbocycles. The van der Waals surface area contributed by atoms with Crippen molar-refractivity contribution in [2.45, 2.75) is 97.8 Å². The molecule has 0 bridgehead atoms. The number of nitrogen functional groups attached to an aromatic ring is 1. The molecule has 5 aliphatic carbocycles. The zero-order valence-electron chi connectivity index (χ0n) is 55.6. The van der Waals surface area contributed by atoms with Crippen molar-refractivity contribution >= 4 is 216 Å². The maximum absolute atomic E-state index is 12.4. The Morgan fingerprint density at radius 3 is 1.17 bits per heavy atom. The van der Waals surface area contributed by atoms with Crippen molar-refractivity contribution in [3.8, 4) is 34.5 Å². The first-order valence-electron chi connectivity index (χ1n) is 31.1. The number of alkyl halides is 3. The van der Waals surface area contributed by atoms with Crippen LogP contribution in [0.3, 0.4) is 0 Å². The molecule has 103 heavy (non-hydrogen) atoms. The van der Waals surface area contributed by atoms with Gasteiger partial charge in [0.15, 0.2) is 11.5 Å². The van der Waals surface area contributed by atoms with Crippen molar-refractivity contribution in [3.05, 3.63) is 186 Å². The quantitative estimate of drug-likeness (QED) is 0.0226. The molecule has 2 aromatic heterocycles. The van der Waals surface area contributed by atoms with E-state index in [0.717, 1.165) is 71.2 Å². The first-order chi connectivity index (χ1) is 49.0. The number of aromatic carboxylic acids is 1. The number of halogens is 15. The molecule has 7 aromatic rings. The Labute approximate surface area is 693 Å². The van der Waals surface area contributed by atoms with E-state index in [1.807, 2.05) is 58.0 Å². The number of carboxylic acid groups (broad SMARTS) is 1. The third-order valence-electron chi connectivity index (χ3n) is 14.6. The monoisotopic (exact) mass is 2160 g/mol. The number of nitrogens with one attached hydrogen (secondary N) is 1. The number of ether oxygens (including phenoxy) is 5. The molecule has 0 unspecified atom stereocenters. The first-order valence-corrected chi connectivity index (χ1v) is 55.1. The molecule has 0 atom stereocenters. The van der Waals surface area contributed by atoms with E-state index in [2.05, 4.69) is 123 Å². The summed E-state index contributed by atoms with van der Waals surface area (Å²) in [5.41, 5.74) is 12.7. The number of carbonyl (C=O) groups is 5. The summed E-state index contributed by atoms with van der Waals surface area (Å²) in [6.07, 6.45) is 19.7. The van der Waals surface area contributed by atoms with Gasteiger partial charge in [-0.05, 0) is 216 Å². The number of amides is 1. The minimum atomic E-state index is -2.69. The maximum atomic E-state index is 12.4. The molecular formula is C70H74Cl8F2I5N4O13S-. The van der Waals surface area contributed by atoms with Crippen LogP contribution in [0.2, 0.25) is 20.1 Å². The van der Waals surface area contributed by atoms with Crippen molar-refractivity contribution in [3.63, 3.8) is 0 Å². The van der Waals surface area contributed by atoms with Gasteiger partial charge < -0.3 is 44.9 Å². The Bertz CT molecular complexity index is 3660. The fourth-order valence-corrected chi connectivity index (χ4v) is 8.77. The van der Waals surface area contributed by atoms with E-state index in [4.69, 9.17) is 96.7 Å². The number of nitrogens with two attached hydrogens (primary N) is 1. The molecule has 0 radical (unpaired) electrons. The predicted octanol–water partition coefficient (Wildman–Crippen LogP) is 20.0. The van der Waals surface area contributed by atoms with Crippen molar-refractivity contribution in [2.24, 2.45) is 29.6 Å².